The molecule has 0 atom stereocenters. The van der Waals surface area contributed by atoms with Crippen molar-refractivity contribution in [2.75, 3.05) is 19.8 Å². The van der Waals surface area contributed by atoms with Crippen LogP contribution in [-0.2, 0) is 0 Å². The zero-order valence-corrected chi connectivity index (χ0v) is 9.58. The van der Waals surface area contributed by atoms with Gasteiger partial charge in [-0.15, -0.1) is 19.8 Å². The van der Waals surface area contributed by atoms with Crippen molar-refractivity contribution in [3.63, 3.8) is 0 Å². The summed E-state index contributed by atoms with van der Waals surface area (Å²) < 4.78 is 0. The SMILES string of the molecule is CC[O-].CC[O-].CC[O-].O.O.O.[Al+3]. The Bertz CT molecular complexity index is 21.8. The maximum absolute atomic E-state index is 8.93. The van der Waals surface area contributed by atoms with Gasteiger partial charge in [0.15, 0.2) is 0 Å². The second-order valence-electron chi connectivity index (χ2n) is 0.866. The van der Waals surface area contributed by atoms with Crippen LogP contribution in [0.4, 0.5) is 0 Å². The van der Waals surface area contributed by atoms with Crippen molar-refractivity contribution in [2.24, 2.45) is 0 Å². The van der Waals surface area contributed by atoms with E-state index in [-0.39, 0.29) is 53.6 Å². The molecule has 0 bridgehead atoms. The Kier molecular flexibility index (Phi) is 564. The van der Waals surface area contributed by atoms with Gasteiger partial charge in [0.1, 0.15) is 0 Å². The van der Waals surface area contributed by atoms with Gasteiger partial charge < -0.3 is 31.7 Å². The number of hydrogen-bond acceptors (Lipinski definition) is 3. The maximum Gasteiger partial charge on any atom is 3.00 e. The summed E-state index contributed by atoms with van der Waals surface area (Å²) >= 11 is 0. The fourth-order valence-corrected chi connectivity index (χ4v) is 0. The van der Waals surface area contributed by atoms with Gasteiger partial charge in [-0.25, -0.2) is 0 Å². The Hall–Kier alpha value is 0.292. The van der Waals surface area contributed by atoms with Crippen LogP contribution in [0.1, 0.15) is 20.8 Å². The van der Waals surface area contributed by atoms with Crippen LogP contribution in [0.3, 0.4) is 0 Å². The van der Waals surface area contributed by atoms with Crippen molar-refractivity contribution in [2.45, 2.75) is 20.8 Å². The van der Waals surface area contributed by atoms with Crippen LogP contribution < -0.4 is 15.3 Å². The second-order valence-corrected chi connectivity index (χ2v) is 0.866. The van der Waals surface area contributed by atoms with Crippen LogP contribution in [0.2, 0.25) is 0 Å². The van der Waals surface area contributed by atoms with Gasteiger partial charge in [-0.05, 0) is 0 Å². The van der Waals surface area contributed by atoms with Crippen molar-refractivity contribution >= 4 is 17.4 Å². The maximum atomic E-state index is 8.93. The van der Waals surface area contributed by atoms with E-state index in [1.807, 2.05) is 0 Å². The van der Waals surface area contributed by atoms with E-state index in [4.69, 9.17) is 15.3 Å². The molecule has 0 aliphatic heterocycles. The van der Waals surface area contributed by atoms with E-state index in [1.54, 1.807) is 20.8 Å². The van der Waals surface area contributed by atoms with Gasteiger partial charge in [-0.2, -0.15) is 0 Å². The molecule has 0 aromatic rings. The largest absolute Gasteiger partial charge is 3.00 e. The summed E-state index contributed by atoms with van der Waals surface area (Å²) in [6, 6.07) is 0. The van der Waals surface area contributed by atoms with E-state index in [0.29, 0.717) is 0 Å². The fraction of sp³-hybridized carbons (Fsp3) is 1.00. The fourth-order valence-electron chi connectivity index (χ4n) is 0. The molecule has 84 valence electrons. The first-order valence-electron chi connectivity index (χ1n) is 2.99. The number of rotatable bonds is 0. The number of hydrogen-bond donors (Lipinski definition) is 0. The standard InChI is InChI=1S/3C2H5O.Al.3H2O/c3*1-2-3;;;;/h3*2H2,1H3;;3*1H2/q3*-1;+3;;;. The van der Waals surface area contributed by atoms with Gasteiger partial charge in [0, 0.05) is 0 Å². The Balaban J connectivity index is -0.00000000720. The molecule has 0 amide bonds. The van der Waals surface area contributed by atoms with E-state index in [1.165, 1.54) is 0 Å². The smallest absolute Gasteiger partial charge is 0.855 e. The third-order valence-electron chi connectivity index (χ3n) is 0. The molecule has 6 N–H and O–H groups in total. The Morgan fingerprint density at radius 2 is 0.615 bits per heavy atom. The summed E-state index contributed by atoms with van der Waals surface area (Å²) in [6.07, 6.45) is 0. The van der Waals surface area contributed by atoms with Gasteiger partial charge in [0.2, 0.25) is 0 Å². The van der Waals surface area contributed by atoms with Crippen LogP contribution >= 0.6 is 0 Å². The van der Waals surface area contributed by atoms with Gasteiger partial charge in [-0.3, -0.25) is 0 Å². The van der Waals surface area contributed by atoms with Gasteiger partial charge in [-0.1, -0.05) is 20.8 Å². The molecule has 0 saturated carbocycles. The quantitative estimate of drug-likeness (QED) is 0.372. The molecule has 0 fully saturated rings. The van der Waals surface area contributed by atoms with E-state index < -0.39 is 0 Å². The summed E-state index contributed by atoms with van der Waals surface area (Å²) in [6.45, 7) is 4.71. The van der Waals surface area contributed by atoms with Gasteiger partial charge in [0.25, 0.3) is 0 Å². The third kappa shape index (κ3) is 15200. The van der Waals surface area contributed by atoms with E-state index in [2.05, 4.69) is 0 Å². The van der Waals surface area contributed by atoms with Crippen molar-refractivity contribution in [3.05, 3.63) is 0 Å². The van der Waals surface area contributed by atoms with Gasteiger partial charge in [0.05, 0.1) is 0 Å². The Labute approximate surface area is 90.3 Å². The minimum Gasteiger partial charge on any atom is -0.855 e. The minimum atomic E-state index is 0. The molecule has 0 spiro atoms. The Morgan fingerprint density at radius 3 is 0.615 bits per heavy atom. The topological polar surface area (TPSA) is 164 Å². The zero-order valence-electron chi connectivity index (χ0n) is 8.42. The molecule has 0 radical (unpaired) electrons. The summed E-state index contributed by atoms with van der Waals surface area (Å²) in [5.74, 6) is 0. The third-order valence-corrected chi connectivity index (χ3v) is 0. The first-order chi connectivity index (χ1) is 4.24. The van der Waals surface area contributed by atoms with Gasteiger partial charge >= 0.3 is 17.4 Å². The molecule has 0 rings (SSSR count). The monoisotopic (exact) mass is 216 g/mol. The van der Waals surface area contributed by atoms with Crippen LogP contribution in [0.25, 0.3) is 0 Å². The molecule has 0 aliphatic carbocycles. The van der Waals surface area contributed by atoms with Crippen LogP contribution in [-0.4, -0.2) is 53.6 Å². The summed E-state index contributed by atoms with van der Waals surface area (Å²) in [5.41, 5.74) is 0. The molecule has 0 aromatic carbocycles. The van der Waals surface area contributed by atoms with E-state index >= 15 is 0 Å². The molecule has 0 heterocycles. The molecule has 7 heteroatoms. The average molecular weight is 216 g/mol. The molecule has 13 heavy (non-hydrogen) atoms. The van der Waals surface area contributed by atoms with E-state index in [0.717, 1.165) is 0 Å². The summed E-state index contributed by atoms with van der Waals surface area (Å²) in [4.78, 5) is 0. The molecule has 6 nitrogen and oxygen atoms in total. The van der Waals surface area contributed by atoms with Crippen molar-refractivity contribution in [1.29, 1.82) is 0 Å². The van der Waals surface area contributed by atoms with Crippen LogP contribution in [0.15, 0.2) is 0 Å². The molecular weight excluding hydrogens is 195 g/mol. The van der Waals surface area contributed by atoms with Crippen LogP contribution in [0.5, 0.6) is 0 Å². The van der Waals surface area contributed by atoms with Crippen molar-refractivity contribution in [3.8, 4) is 0 Å². The van der Waals surface area contributed by atoms with Crippen LogP contribution in [0, 0.1) is 0 Å². The predicted molar refractivity (Wildman–Crippen MR) is 48.2 cm³/mol. The Morgan fingerprint density at radius 1 is 0.615 bits per heavy atom. The van der Waals surface area contributed by atoms with Crippen molar-refractivity contribution < 1.29 is 31.7 Å². The zero-order chi connectivity index (χ0) is 8.12. The second kappa shape index (κ2) is 145. The molecule has 0 aliphatic rings. The molecule has 0 unspecified atom stereocenters. The molecule has 0 saturated heterocycles. The van der Waals surface area contributed by atoms with Crippen molar-refractivity contribution in [1.82, 2.24) is 0 Å². The molecule has 0 aromatic heterocycles. The first kappa shape index (κ1) is 50.7. The van der Waals surface area contributed by atoms with E-state index in [9.17, 15) is 0 Å². The summed E-state index contributed by atoms with van der Waals surface area (Å²) in [5, 5.41) is 26.8. The molecular formula is C6H21AlO6. The normalized spacial score (nSPS) is 4.15. The summed E-state index contributed by atoms with van der Waals surface area (Å²) in [7, 11) is 0. The average Bonchev–Trinajstić information content (AvgIpc) is 1.70. The predicted octanol–water partition coefficient (Wildman–Crippen LogP) is -4.76. The first-order valence-corrected chi connectivity index (χ1v) is 2.99. The minimum absolute atomic E-state index is 0.